The minimum Gasteiger partial charge on any atom is -0.343 e. The summed E-state index contributed by atoms with van der Waals surface area (Å²) >= 11 is 0. The van der Waals surface area contributed by atoms with Gasteiger partial charge in [0.1, 0.15) is 0 Å². The normalized spacial score (nSPS) is 14.1. The highest BCUT2D eigenvalue weighted by Gasteiger charge is 2.35. The van der Waals surface area contributed by atoms with E-state index in [-0.39, 0.29) is 5.41 Å². The topological polar surface area (TPSA) is 4.93 Å². The van der Waals surface area contributed by atoms with Gasteiger partial charge in [-0.3, -0.25) is 0 Å². The van der Waals surface area contributed by atoms with Gasteiger partial charge in [0.15, 0.2) is 0 Å². The molecule has 7 rings (SSSR count). The van der Waals surface area contributed by atoms with Crippen LogP contribution < -0.4 is 0 Å². The van der Waals surface area contributed by atoms with Gasteiger partial charge in [-0.25, -0.2) is 0 Å². The minimum absolute atomic E-state index is 0.0128. The molecule has 6 aromatic rings. The molecular formula is C33H27N. The second-order valence-corrected chi connectivity index (χ2v) is 10.4. The number of nitrogens with zero attached hydrogens (tertiary/aromatic N) is 1. The van der Waals surface area contributed by atoms with Crippen LogP contribution in [0.3, 0.4) is 0 Å². The van der Waals surface area contributed by atoms with Crippen molar-refractivity contribution in [2.45, 2.75) is 26.2 Å². The number of para-hydroxylation sites is 1. The van der Waals surface area contributed by atoms with Crippen molar-refractivity contribution in [3.63, 3.8) is 0 Å². The Hall–Kier alpha value is -3.84. The van der Waals surface area contributed by atoms with Gasteiger partial charge in [0, 0.05) is 34.1 Å². The van der Waals surface area contributed by atoms with Gasteiger partial charge in [0.05, 0.1) is 5.52 Å². The van der Waals surface area contributed by atoms with Crippen molar-refractivity contribution in [2.24, 2.45) is 7.05 Å². The molecule has 0 atom stereocenters. The third-order valence-corrected chi connectivity index (χ3v) is 8.05. The number of aromatic nitrogens is 1. The van der Waals surface area contributed by atoms with E-state index in [0.29, 0.717) is 0 Å². The SMILES string of the molecule is Cc1ccc2c(c1)C(C)(C)c1cc(-c3ccc4c(ccc5c6ccccc6n(C)c45)c3)ccc1-2. The highest BCUT2D eigenvalue weighted by Crippen LogP contribution is 2.50. The molecule has 0 saturated carbocycles. The Morgan fingerprint density at radius 1 is 0.618 bits per heavy atom. The lowest BCUT2D eigenvalue weighted by atomic mass is 9.81. The van der Waals surface area contributed by atoms with Gasteiger partial charge in [0.25, 0.3) is 0 Å². The summed E-state index contributed by atoms with van der Waals surface area (Å²) in [5, 5.41) is 5.24. The third-order valence-electron chi connectivity index (χ3n) is 8.05. The molecule has 0 bridgehead atoms. The molecule has 0 spiro atoms. The summed E-state index contributed by atoms with van der Waals surface area (Å²) in [4.78, 5) is 0. The third kappa shape index (κ3) is 2.50. The minimum atomic E-state index is 0.0128. The number of fused-ring (bicyclic) bond motifs is 8. The number of hydrogen-bond acceptors (Lipinski definition) is 0. The smallest absolute Gasteiger partial charge is 0.0568 e. The Morgan fingerprint density at radius 2 is 1.29 bits per heavy atom. The zero-order valence-electron chi connectivity index (χ0n) is 20.1. The van der Waals surface area contributed by atoms with Crippen LogP contribution in [0.2, 0.25) is 0 Å². The van der Waals surface area contributed by atoms with Crippen LogP contribution in [0.15, 0.2) is 91.0 Å². The Labute approximate surface area is 200 Å². The Morgan fingerprint density at radius 3 is 2.15 bits per heavy atom. The molecule has 1 aliphatic rings. The van der Waals surface area contributed by atoms with Crippen molar-refractivity contribution < 1.29 is 0 Å². The van der Waals surface area contributed by atoms with Gasteiger partial charge in [0.2, 0.25) is 0 Å². The average Bonchev–Trinajstić information content (AvgIpc) is 3.27. The van der Waals surface area contributed by atoms with E-state index in [4.69, 9.17) is 0 Å². The highest BCUT2D eigenvalue weighted by molar-refractivity contribution is 6.18. The van der Waals surface area contributed by atoms with Crippen molar-refractivity contribution in [1.29, 1.82) is 0 Å². The van der Waals surface area contributed by atoms with Gasteiger partial charge in [-0.1, -0.05) is 92.2 Å². The molecule has 1 aliphatic carbocycles. The molecule has 1 aromatic heterocycles. The van der Waals surface area contributed by atoms with Crippen LogP contribution in [0.4, 0.5) is 0 Å². The van der Waals surface area contributed by atoms with Crippen LogP contribution in [0.1, 0.15) is 30.5 Å². The lowest BCUT2D eigenvalue weighted by molar-refractivity contribution is 0.660. The predicted octanol–water partition coefficient (Wildman–Crippen LogP) is 8.77. The number of rotatable bonds is 1. The first-order valence-corrected chi connectivity index (χ1v) is 12.1. The lowest BCUT2D eigenvalue weighted by Gasteiger charge is -2.22. The summed E-state index contributed by atoms with van der Waals surface area (Å²) in [5.41, 5.74) is 12.1. The van der Waals surface area contributed by atoms with Crippen LogP contribution in [-0.2, 0) is 12.5 Å². The summed E-state index contributed by atoms with van der Waals surface area (Å²) in [6.45, 7) is 6.91. The summed E-state index contributed by atoms with van der Waals surface area (Å²) in [5.74, 6) is 0. The van der Waals surface area contributed by atoms with Crippen LogP contribution in [0.25, 0.3) is 54.8 Å². The lowest BCUT2D eigenvalue weighted by Crippen LogP contribution is -2.15. The molecule has 0 fully saturated rings. The fraction of sp³-hybridized carbons (Fsp3) is 0.152. The Kier molecular flexibility index (Phi) is 3.81. The molecule has 0 radical (unpaired) electrons. The molecule has 1 nitrogen and oxygen atoms in total. The summed E-state index contributed by atoms with van der Waals surface area (Å²) in [6.07, 6.45) is 0. The standard InChI is InChI=1S/C33H27N/c1-20-9-13-25-26-15-11-22(19-30(26)33(2,3)29(25)17-20)21-10-14-24-23(18-21)12-16-28-27-7-5-6-8-31(27)34(4)32(24)28/h5-19H,1-4H3. The molecule has 0 aliphatic heterocycles. The first kappa shape index (κ1) is 19.6. The van der Waals surface area contributed by atoms with Crippen molar-refractivity contribution in [2.75, 3.05) is 0 Å². The number of benzene rings is 5. The molecule has 5 aromatic carbocycles. The van der Waals surface area contributed by atoms with E-state index < -0.39 is 0 Å². The van der Waals surface area contributed by atoms with Gasteiger partial charge >= 0.3 is 0 Å². The molecule has 1 heteroatoms. The maximum atomic E-state index is 2.42. The second kappa shape index (κ2) is 6.61. The predicted molar refractivity (Wildman–Crippen MR) is 146 cm³/mol. The molecule has 34 heavy (non-hydrogen) atoms. The molecule has 0 unspecified atom stereocenters. The van der Waals surface area contributed by atoms with E-state index in [9.17, 15) is 0 Å². The highest BCUT2D eigenvalue weighted by atomic mass is 14.9. The van der Waals surface area contributed by atoms with Crippen molar-refractivity contribution >= 4 is 32.6 Å². The zero-order chi connectivity index (χ0) is 23.2. The quantitative estimate of drug-likeness (QED) is 0.242. The fourth-order valence-corrected chi connectivity index (χ4v) is 6.22. The Bertz CT molecular complexity index is 1800. The van der Waals surface area contributed by atoms with Crippen molar-refractivity contribution in [3.05, 3.63) is 108 Å². The van der Waals surface area contributed by atoms with Gasteiger partial charge in [-0.05, 0) is 63.9 Å². The van der Waals surface area contributed by atoms with Crippen LogP contribution in [0.5, 0.6) is 0 Å². The van der Waals surface area contributed by atoms with Crippen molar-refractivity contribution in [1.82, 2.24) is 4.57 Å². The van der Waals surface area contributed by atoms with Gasteiger partial charge in [-0.2, -0.15) is 0 Å². The van der Waals surface area contributed by atoms with Crippen LogP contribution in [-0.4, -0.2) is 4.57 Å². The number of hydrogen-bond donors (Lipinski definition) is 0. The van der Waals surface area contributed by atoms with Crippen molar-refractivity contribution in [3.8, 4) is 22.3 Å². The number of aryl methyl sites for hydroxylation is 2. The first-order chi connectivity index (χ1) is 16.4. The zero-order valence-corrected chi connectivity index (χ0v) is 20.1. The van der Waals surface area contributed by atoms with Gasteiger partial charge in [-0.15, -0.1) is 0 Å². The molecular weight excluding hydrogens is 410 g/mol. The van der Waals surface area contributed by atoms with E-state index in [1.807, 2.05) is 0 Å². The molecule has 164 valence electrons. The van der Waals surface area contributed by atoms with Gasteiger partial charge < -0.3 is 4.57 Å². The monoisotopic (exact) mass is 437 g/mol. The molecule has 0 saturated heterocycles. The first-order valence-electron chi connectivity index (χ1n) is 12.1. The second-order valence-electron chi connectivity index (χ2n) is 10.4. The van der Waals surface area contributed by atoms with E-state index in [0.717, 1.165) is 0 Å². The summed E-state index contributed by atoms with van der Waals surface area (Å²) < 4.78 is 2.34. The van der Waals surface area contributed by atoms with E-state index >= 15 is 0 Å². The maximum absolute atomic E-state index is 2.42. The average molecular weight is 438 g/mol. The Balaban J connectivity index is 1.41. The summed E-state index contributed by atoms with van der Waals surface area (Å²) in [7, 11) is 2.18. The fourth-order valence-electron chi connectivity index (χ4n) is 6.22. The molecule has 0 amide bonds. The maximum Gasteiger partial charge on any atom is 0.0568 e. The van der Waals surface area contributed by atoms with Crippen LogP contribution >= 0.6 is 0 Å². The van der Waals surface area contributed by atoms with E-state index in [1.165, 1.54) is 71.5 Å². The molecule has 1 heterocycles. The largest absolute Gasteiger partial charge is 0.343 e. The van der Waals surface area contributed by atoms with E-state index in [1.54, 1.807) is 0 Å². The van der Waals surface area contributed by atoms with Crippen LogP contribution in [0, 0.1) is 6.92 Å². The molecule has 0 N–H and O–H groups in total. The van der Waals surface area contributed by atoms with E-state index in [2.05, 4.69) is 123 Å². The summed E-state index contributed by atoms with van der Waals surface area (Å²) in [6, 6.07) is 34.1.